The van der Waals surface area contributed by atoms with Crippen molar-refractivity contribution in [3.63, 3.8) is 0 Å². The van der Waals surface area contributed by atoms with Gasteiger partial charge in [-0.1, -0.05) is 11.2 Å². The Morgan fingerprint density at radius 1 is 1.14 bits per heavy atom. The van der Waals surface area contributed by atoms with Crippen LogP contribution in [-0.4, -0.2) is 76.0 Å². The van der Waals surface area contributed by atoms with E-state index in [0.717, 1.165) is 42.7 Å². The fourth-order valence-electron chi connectivity index (χ4n) is 6.44. The van der Waals surface area contributed by atoms with Gasteiger partial charge in [0.1, 0.15) is 11.5 Å². The molecule has 7 rings (SSSR count). The number of ether oxygens (including phenoxy) is 2. The van der Waals surface area contributed by atoms with Crippen LogP contribution >= 0.6 is 0 Å². The highest BCUT2D eigenvalue weighted by Gasteiger charge is 2.51. The molecule has 3 aromatic rings. The third-order valence-corrected chi connectivity index (χ3v) is 10.8. The first-order valence-electron chi connectivity index (χ1n) is 14.3. The van der Waals surface area contributed by atoms with Gasteiger partial charge in [0.15, 0.2) is 16.5 Å². The summed E-state index contributed by atoms with van der Waals surface area (Å²) in [6, 6.07) is 9.21. The van der Waals surface area contributed by atoms with E-state index in [-0.39, 0.29) is 45.1 Å². The van der Waals surface area contributed by atoms with Crippen molar-refractivity contribution in [2.45, 2.75) is 61.0 Å². The lowest BCUT2D eigenvalue weighted by molar-refractivity contribution is 0.0132. The van der Waals surface area contributed by atoms with Crippen LogP contribution in [0.25, 0.3) is 11.3 Å². The molecule has 1 aromatic heterocycles. The van der Waals surface area contributed by atoms with Gasteiger partial charge in [-0.05, 0) is 68.4 Å². The van der Waals surface area contributed by atoms with Gasteiger partial charge in [-0.25, -0.2) is 8.42 Å². The zero-order chi connectivity index (χ0) is 29.4. The quantitative estimate of drug-likeness (QED) is 0.402. The van der Waals surface area contributed by atoms with E-state index in [1.807, 2.05) is 0 Å². The molecule has 0 unspecified atom stereocenters. The zero-order valence-electron chi connectivity index (χ0n) is 23.8. The molecule has 4 aliphatic rings. The Morgan fingerprint density at radius 2 is 1.83 bits per heavy atom. The normalized spacial score (nSPS) is 21.5. The Kier molecular flexibility index (Phi) is 6.21. The van der Waals surface area contributed by atoms with E-state index in [9.17, 15) is 18.3 Å². The van der Waals surface area contributed by atoms with Crippen LogP contribution in [-0.2, 0) is 21.9 Å². The van der Waals surface area contributed by atoms with Crippen molar-refractivity contribution in [1.82, 2.24) is 10.1 Å². The number of sulfonamides is 1. The number of nitrogens with one attached hydrogen (secondary N) is 1. The first kappa shape index (κ1) is 27.1. The summed E-state index contributed by atoms with van der Waals surface area (Å²) in [6.07, 6.45) is 4.42. The molecule has 3 aliphatic carbocycles. The van der Waals surface area contributed by atoms with E-state index in [1.165, 1.54) is 38.3 Å². The second-order valence-electron chi connectivity index (χ2n) is 11.9. The van der Waals surface area contributed by atoms with E-state index in [0.29, 0.717) is 25.0 Å². The Morgan fingerprint density at radius 3 is 2.40 bits per heavy atom. The number of methoxy groups -OCH3 is 2. The first-order valence-corrected chi connectivity index (χ1v) is 15.7. The van der Waals surface area contributed by atoms with E-state index in [4.69, 9.17) is 14.0 Å². The molecule has 2 saturated carbocycles. The van der Waals surface area contributed by atoms with Crippen molar-refractivity contribution in [2.24, 2.45) is 0 Å². The maximum atomic E-state index is 13.9. The molecule has 3 fully saturated rings. The molecule has 1 aliphatic heterocycles. The van der Waals surface area contributed by atoms with Crippen LogP contribution in [0.1, 0.15) is 53.6 Å². The molecule has 1 amide bonds. The number of anilines is 2. The number of hydrogen-bond donors (Lipinski definition) is 2. The van der Waals surface area contributed by atoms with Crippen LogP contribution in [0, 0.1) is 0 Å². The highest BCUT2D eigenvalue weighted by Crippen LogP contribution is 2.59. The van der Waals surface area contributed by atoms with Crippen molar-refractivity contribution >= 4 is 27.4 Å². The van der Waals surface area contributed by atoms with Crippen molar-refractivity contribution in [3.05, 3.63) is 47.0 Å². The number of aliphatic hydroxyl groups is 1. The summed E-state index contributed by atoms with van der Waals surface area (Å²) < 4.78 is 47.2. The van der Waals surface area contributed by atoms with Gasteiger partial charge in [0.2, 0.25) is 0 Å². The van der Waals surface area contributed by atoms with Crippen molar-refractivity contribution in [1.29, 1.82) is 0 Å². The van der Waals surface area contributed by atoms with Crippen LogP contribution in [0.15, 0.2) is 39.8 Å². The molecule has 2 aromatic carbocycles. The summed E-state index contributed by atoms with van der Waals surface area (Å²) >= 11 is 0. The minimum atomic E-state index is -4.28. The van der Waals surface area contributed by atoms with E-state index < -0.39 is 16.1 Å². The zero-order valence-corrected chi connectivity index (χ0v) is 24.7. The van der Waals surface area contributed by atoms with Gasteiger partial charge in [-0.2, -0.15) is 0 Å². The Labute approximate surface area is 244 Å². The van der Waals surface area contributed by atoms with Gasteiger partial charge in [0, 0.05) is 54.0 Å². The lowest BCUT2D eigenvalue weighted by atomic mass is 9.79. The molecule has 0 atom stereocenters. The molecule has 11 nitrogen and oxygen atoms in total. The Bertz CT molecular complexity index is 1660. The smallest absolute Gasteiger partial charge is 0.270 e. The molecule has 222 valence electrons. The Hall–Kier alpha value is -3.77. The van der Waals surface area contributed by atoms with E-state index in [1.54, 1.807) is 11.9 Å². The number of hydrogen-bond acceptors (Lipinski definition) is 9. The number of carbonyl (C=O) groups excluding carboxylic acids is 1. The SMILES string of the molecule is COc1cc(C(=O)N(C)C2CC(O)C2)cc(OC)c1S(=O)(=O)Nc1noc2c1CC1(CC1)c1ccc(N3CCC3)cc1-2. The largest absolute Gasteiger partial charge is 0.495 e. The number of rotatable bonds is 8. The molecule has 0 bridgehead atoms. The standard InChI is InChI=1S/C30H34N4O7S/c1-33(19-13-20(35)14-19)29(36)17-11-24(39-2)27(25(12-17)40-3)42(37,38)32-28-22-16-30(7-8-30)23-6-5-18(34-9-4-10-34)15-21(23)26(22)41-31-28/h5-6,11-12,15,19-20,35H,4,7-10,13-14,16H2,1-3H3,(H,31,32). The van der Waals surface area contributed by atoms with Gasteiger partial charge in [0.25, 0.3) is 15.9 Å². The molecule has 2 heterocycles. The fourth-order valence-corrected chi connectivity index (χ4v) is 7.77. The maximum absolute atomic E-state index is 13.9. The summed E-state index contributed by atoms with van der Waals surface area (Å²) in [5, 5.41) is 13.8. The molecule has 0 radical (unpaired) electrons. The summed E-state index contributed by atoms with van der Waals surface area (Å²) in [5.74, 6) is 0.341. The molecule has 42 heavy (non-hydrogen) atoms. The molecular weight excluding hydrogens is 560 g/mol. The van der Waals surface area contributed by atoms with E-state index in [2.05, 4.69) is 33.0 Å². The Balaban J connectivity index is 1.22. The topological polar surface area (TPSA) is 134 Å². The third kappa shape index (κ3) is 4.22. The number of aromatic nitrogens is 1. The summed E-state index contributed by atoms with van der Waals surface area (Å²) in [4.78, 5) is 16.8. The van der Waals surface area contributed by atoms with Crippen molar-refractivity contribution in [3.8, 4) is 22.8 Å². The average molecular weight is 595 g/mol. The van der Waals surface area contributed by atoms with E-state index >= 15 is 0 Å². The first-order chi connectivity index (χ1) is 20.1. The number of fused-ring (bicyclic) bond motifs is 4. The van der Waals surface area contributed by atoms with Gasteiger partial charge in [0.05, 0.1) is 20.3 Å². The van der Waals surface area contributed by atoms with Crippen LogP contribution in [0.3, 0.4) is 0 Å². The molecule has 1 spiro atoms. The average Bonchev–Trinajstić information content (AvgIpc) is 3.60. The molecule has 12 heteroatoms. The molecule has 1 saturated heterocycles. The number of carbonyl (C=O) groups is 1. The number of benzene rings is 2. The molecule has 2 N–H and O–H groups in total. The fraction of sp³-hybridized carbons (Fsp3) is 0.467. The predicted octanol–water partition coefficient (Wildman–Crippen LogP) is 3.55. The van der Waals surface area contributed by atoms with Crippen LogP contribution in [0.5, 0.6) is 11.5 Å². The highest BCUT2D eigenvalue weighted by molar-refractivity contribution is 7.93. The third-order valence-electron chi connectivity index (χ3n) is 9.36. The number of nitrogens with zero attached hydrogens (tertiary/aromatic N) is 3. The summed E-state index contributed by atoms with van der Waals surface area (Å²) in [5.41, 5.74) is 4.24. The lowest BCUT2D eigenvalue weighted by Crippen LogP contribution is -2.47. The summed E-state index contributed by atoms with van der Waals surface area (Å²) in [7, 11) is 0.0659. The van der Waals surface area contributed by atoms with Gasteiger partial charge in [-0.3, -0.25) is 9.52 Å². The van der Waals surface area contributed by atoms with Crippen LogP contribution < -0.4 is 19.1 Å². The minimum Gasteiger partial charge on any atom is -0.495 e. The van der Waals surface area contributed by atoms with Crippen LogP contribution in [0.2, 0.25) is 0 Å². The number of amides is 1. The molecular formula is C30H34N4O7S. The van der Waals surface area contributed by atoms with Gasteiger partial charge in [-0.15, -0.1) is 0 Å². The van der Waals surface area contributed by atoms with Gasteiger partial charge >= 0.3 is 0 Å². The second-order valence-corrected chi connectivity index (χ2v) is 13.5. The monoisotopic (exact) mass is 594 g/mol. The van der Waals surface area contributed by atoms with Gasteiger partial charge < -0.3 is 28.9 Å². The second kappa shape index (κ2) is 9.63. The summed E-state index contributed by atoms with van der Waals surface area (Å²) in [6.45, 7) is 2.04. The van der Waals surface area contributed by atoms with Crippen molar-refractivity contribution in [2.75, 3.05) is 44.0 Å². The minimum absolute atomic E-state index is 0.0344. The number of aliphatic hydroxyl groups excluding tert-OH is 1. The predicted molar refractivity (Wildman–Crippen MR) is 155 cm³/mol. The maximum Gasteiger partial charge on any atom is 0.270 e. The lowest BCUT2D eigenvalue weighted by Gasteiger charge is -2.38. The van der Waals surface area contributed by atoms with Crippen LogP contribution in [0.4, 0.5) is 11.5 Å². The highest BCUT2D eigenvalue weighted by atomic mass is 32.2. The van der Waals surface area contributed by atoms with Crippen molar-refractivity contribution < 1.29 is 32.3 Å².